The van der Waals surface area contributed by atoms with E-state index in [0.717, 1.165) is 11.6 Å². The SMILES string of the molecule is O=Cc1cc([N+](=O)[O-])ccc1OCC(=O)NCc1ccc(Cl)cc1. The number of nitrogens with zero attached hydrogens (tertiary/aromatic N) is 1. The first-order valence-electron chi connectivity index (χ1n) is 6.87. The van der Waals surface area contributed by atoms with Gasteiger partial charge in [-0.05, 0) is 23.8 Å². The highest BCUT2D eigenvalue weighted by molar-refractivity contribution is 6.30. The lowest BCUT2D eigenvalue weighted by molar-refractivity contribution is -0.384. The molecule has 0 saturated carbocycles. The van der Waals surface area contributed by atoms with Crippen LogP contribution in [-0.4, -0.2) is 23.7 Å². The molecule has 0 aliphatic carbocycles. The molecule has 0 atom stereocenters. The summed E-state index contributed by atoms with van der Waals surface area (Å²) in [5, 5.41) is 13.9. The average Bonchev–Trinajstić information content (AvgIpc) is 2.59. The number of ether oxygens (including phenoxy) is 1. The summed E-state index contributed by atoms with van der Waals surface area (Å²) in [6.45, 7) is -0.00754. The Morgan fingerprint density at radius 1 is 1.25 bits per heavy atom. The van der Waals surface area contributed by atoms with Crippen LogP contribution in [0.15, 0.2) is 42.5 Å². The Morgan fingerprint density at radius 3 is 2.58 bits per heavy atom. The highest BCUT2D eigenvalue weighted by Crippen LogP contribution is 2.22. The monoisotopic (exact) mass is 348 g/mol. The van der Waals surface area contributed by atoms with Crippen molar-refractivity contribution in [2.75, 3.05) is 6.61 Å². The molecule has 2 aromatic carbocycles. The van der Waals surface area contributed by atoms with Gasteiger partial charge in [0, 0.05) is 23.7 Å². The second-order valence-corrected chi connectivity index (χ2v) is 5.23. The number of nitrogens with one attached hydrogen (secondary N) is 1. The minimum absolute atomic E-state index is 0.00898. The molecule has 2 rings (SSSR count). The molecule has 0 spiro atoms. The Morgan fingerprint density at radius 2 is 1.96 bits per heavy atom. The van der Waals surface area contributed by atoms with Crippen LogP contribution in [0.25, 0.3) is 0 Å². The Balaban J connectivity index is 1.90. The number of carbonyl (C=O) groups excluding carboxylic acids is 2. The molecule has 0 fully saturated rings. The van der Waals surface area contributed by atoms with Crippen LogP contribution in [0.3, 0.4) is 0 Å². The van der Waals surface area contributed by atoms with E-state index in [0.29, 0.717) is 17.9 Å². The first-order chi connectivity index (χ1) is 11.5. The van der Waals surface area contributed by atoms with E-state index in [1.54, 1.807) is 24.3 Å². The Labute approximate surface area is 142 Å². The number of carbonyl (C=O) groups is 2. The standard InChI is InChI=1S/C16H13ClN2O5/c17-13-3-1-11(2-4-13)8-18-16(21)10-24-15-6-5-14(19(22)23)7-12(15)9-20/h1-7,9H,8,10H2,(H,18,21). The molecule has 0 aromatic heterocycles. The number of rotatable bonds is 7. The molecule has 124 valence electrons. The van der Waals surface area contributed by atoms with Gasteiger partial charge in [0.15, 0.2) is 12.9 Å². The molecule has 0 bridgehead atoms. The number of hydrogen-bond acceptors (Lipinski definition) is 5. The molecule has 8 heteroatoms. The summed E-state index contributed by atoms with van der Waals surface area (Å²) < 4.78 is 5.25. The number of amides is 1. The minimum Gasteiger partial charge on any atom is -0.483 e. The third-order valence-electron chi connectivity index (χ3n) is 3.09. The normalized spacial score (nSPS) is 10.0. The zero-order valence-electron chi connectivity index (χ0n) is 12.4. The summed E-state index contributed by atoms with van der Waals surface area (Å²) in [5.41, 5.74) is 0.656. The molecule has 1 amide bonds. The van der Waals surface area contributed by atoms with Crippen molar-refractivity contribution in [3.05, 3.63) is 68.7 Å². The third kappa shape index (κ3) is 4.79. The van der Waals surface area contributed by atoms with Crippen molar-refractivity contribution < 1.29 is 19.2 Å². The topological polar surface area (TPSA) is 98.5 Å². The molecular formula is C16H13ClN2O5. The van der Waals surface area contributed by atoms with Crippen LogP contribution in [0, 0.1) is 10.1 Å². The first-order valence-corrected chi connectivity index (χ1v) is 7.25. The van der Waals surface area contributed by atoms with Gasteiger partial charge >= 0.3 is 0 Å². The van der Waals surface area contributed by atoms with Crippen molar-refractivity contribution >= 4 is 29.5 Å². The number of benzene rings is 2. The maximum atomic E-state index is 11.8. The Bertz CT molecular complexity index is 762. The number of aldehydes is 1. The maximum absolute atomic E-state index is 11.8. The predicted molar refractivity (Wildman–Crippen MR) is 87.3 cm³/mol. The number of nitro benzene ring substituents is 1. The largest absolute Gasteiger partial charge is 0.483 e. The number of hydrogen-bond donors (Lipinski definition) is 1. The van der Waals surface area contributed by atoms with Gasteiger partial charge in [-0.15, -0.1) is 0 Å². The fourth-order valence-corrected chi connectivity index (χ4v) is 2.00. The van der Waals surface area contributed by atoms with E-state index in [1.165, 1.54) is 12.1 Å². The Hall–Kier alpha value is -2.93. The number of non-ortho nitro benzene ring substituents is 1. The van der Waals surface area contributed by atoms with E-state index in [9.17, 15) is 19.7 Å². The zero-order chi connectivity index (χ0) is 17.5. The zero-order valence-corrected chi connectivity index (χ0v) is 13.2. The third-order valence-corrected chi connectivity index (χ3v) is 3.34. The summed E-state index contributed by atoms with van der Waals surface area (Å²) in [6.07, 6.45) is 0.438. The molecule has 7 nitrogen and oxygen atoms in total. The second kappa shape index (κ2) is 8.07. The van der Waals surface area contributed by atoms with Gasteiger partial charge in [-0.3, -0.25) is 19.7 Å². The molecule has 0 unspecified atom stereocenters. The van der Waals surface area contributed by atoms with Crippen LogP contribution in [0.2, 0.25) is 5.02 Å². The van der Waals surface area contributed by atoms with Crippen LogP contribution in [0.5, 0.6) is 5.75 Å². The molecule has 1 N–H and O–H groups in total. The quantitative estimate of drug-likeness (QED) is 0.471. The smallest absolute Gasteiger partial charge is 0.270 e. The molecule has 0 aliphatic heterocycles. The van der Waals surface area contributed by atoms with Crippen LogP contribution < -0.4 is 10.1 Å². The summed E-state index contributed by atoms with van der Waals surface area (Å²) in [5.74, 6) is -0.280. The molecule has 0 heterocycles. The van der Waals surface area contributed by atoms with Gasteiger partial charge in [0.2, 0.25) is 0 Å². The van der Waals surface area contributed by atoms with Crippen LogP contribution >= 0.6 is 11.6 Å². The van der Waals surface area contributed by atoms with E-state index in [-0.39, 0.29) is 29.5 Å². The van der Waals surface area contributed by atoms with Crippen molar-refractivity contribution in [2.24, 2.45) is 0 Å². The van der Waals surface area contributed by atoms with Crippen molar-refractivity contribution in [3.8, 4) is 5.75 Å². The second-order valence-electron chi connectivity index (χ2n) is 4.79. The van der Waals surface area contributed by atoms with E-state index < -0.39 is 4.92 Å². The highest BCUT2D eigenvalue weighted by atomic mass is 35.5. The minimum atomic E-state index is -0.615. The Kier molecular flexibility index (Phi) is 5.86. The van der Waals surface area contributed by atoms with Crippen molar-refractivity contribution in [1.29, 1.82) is 0 Å². The number of nitro groups is 1. The van der Waals surface area contributed by atoms with Crippen LogP contribution in [-0.2, 0) is 11.3 Å². The van der Waals surface area contributed by atoms with E-state index in [2.05, 4.69) is 5.32 Å². The molecule has 24 heavy (non-hydrogen) atoms. The van der Waals surface area contributed by atoms with Crippen molar-refractivity contribution in [1.82, 2.24) is 5.32 Å². The van der Waals surface area contributed by atoms with Gasteiger partial charge in [-0.2, -0.15) is 0 Å². The van der Waals surface area contributed by atoms with Gasteiger partial charge < -0.3 is 10.1 Å². The number of halogens is 1. The fourth-order valence-electron chi connectivity index (χ4n) is 1.87. The maximum Gasteiger partial charge on any atom is 0.270 e. The van der Waals surface area contributed by atoms with Gasteiger partial charge in [0.25, 0.3) is 11.6 Å². The summed E-state index contributed by atoms with van der Waals surface area (Å²) in [4.78, 5) is 32.8. The van der Waals surface area contributed by atoms with E-state index >= 15 is 0 Å². The molecule has 2 aromatic rings. The van der Waals surface area contributed by atoms with E-state index in [1.807, 2.05) is 0 Å². The van der Waals surface area contributed by atoms with Crippen LogP contribution in [0.4, 0.5) is 5.69 Å². The fraction of sp³-hybridized carbons (Fsp3) is 0.125. The highest BCUT2D eigenvalue weighted by Gasteiger charge is 2.12. The lowest BCUT2D eigenvalue weighted by Gasteiger charge is -2.09. The summed E-state index contributed by atoms with van der Waals surface area (Å²) >= 11 is 5.77. The van der Waals surface area contributed by atoms with Crippen molar-refractivity contribution in [2.45, 2.75) is 6.54 Å². The van der Waals surface area contributed by atoms with Crippen LogP contribution in [0.1, 0.15) is 15.9 Å². The molecule has 0 radical (unpaired) electrons. The summed E-state index contributed by atoms with van der Waals surface area (Å²) in [7, 11) is 0. The lowest BCUT2D eigenvalue weighted by Crippen LogP contribution is -2.28. The predicted octanol–water partition coefficient (Wildman–Crippen LogP) is 2.76. The lowest BCUT2D eigenvalue weighted by atomic mass is 10.2. The summed E-state index contributed by atoms with van der Waals surface area (Å²) in [6, 6.07) is 10.6. The first kappa shape index (κ1) is 17.4. The molecular weight excluding hydrogens is 336 g/mol. The van der Waals surface area contributed by atoms with E-state index in [4.69, 9.17) is 16.3 Å². The van der Waals surface area contributed by atoms with Crippen molar-refractivity contribution in [3.63, 3.8) is 0 Å². The van der Waals surface area contributed by atoms with Gasteiger partial charge in [0.1, 0.15) is 5.75 Å². The average molecular weight is 349 g/mol. The van der Waals surface area contributed by atoms with Gasteiger partial charge in [-0.1, -0.05) is 23.7 Å². The molecule has 0 saturated heterocycles. The van der Waals surface area contributed by atoms with Gasteiger partial charge in [-0.25, -0.2) is 0 Å². The molecule has 0 aliphatic rings. The van der Waals surface area contributed by atoms with Gasteiger partial charge in [0.05, 0.1) is 10.5 Å².